The SMILES string of the molecule is CCNC(=NCc1c(C)nn(C)c1C)N1CCC(c2ccccc2)C1. The van der Waals surface area contributed by atoms with Crippen LogP contribution >= 0.6 is 0 Å². The number of benzene rings is 1. The highest BCUT2D eigenvalue weighted by Crippen LogP contribution is 2.27. The molecule has 0 radical (unpaired) electrons. The fourth-order valence-corrected chi connectivity index (χ4v) is 3.58. The highest BCUT2D eigenvalue weighted by atomic mass is 15.3. The summed E-state index contributed by atoms with van der Waals surface area (Å²) in [6.07, 6.45) is 1.18. The third-order valence-corrected chi connectivity index (χ3v) is 5.14. The van der Waals surface area contributed by atoms with Crippen molar-refractivity contribution in [1.29, 1.82) is 0 Å². The summed E-state index contributed by atoms with van der Waals surface area (Å²) in [7, 11) is 1.99. The molecule has 1 fully saturated rings. The Kier molecular flexibility index (Phi) is 5.41. The van der Waals surface area contributed by atoms with Crippen LogP contribution < -0.4 is 5.32 Å². The summed E-state index contributed by atoms with van der Waals surface area (Å²) in [6, 6.07) is 10.8. The van der Waals surface area contributed by atoms with Crippen molar-refractivity contribution in [3.05, 3.63) is 52.8 Å². The van der Waals surface area contributed by atoms with Gasteiger partial charge in [0.05, 0.1) is 12.2 Å². The summed E-state index contributed by atoms with van der Waals surface area (Å²) in [5.41, 5.74) is 4.93. The van der Waals surface area contributed by atoms with Gasteiger partial charge in [0.1, 0.15) is 0 Å². The molecule has 1 aliphatic heterocycles. The quantitative estimate of drug-likeness (QED) is 0.688. The molecule has 1 unspecified atom stereocenters. The molecule has 0 saturated carbocycles. The molecule has 2 aromatic rings. The number of likely N-dealkylation sites (tertiary alicyclic amines) is 1. The number of aryl methyl sites for hydroxylation is 2. The highest BCUT2D eigenvalue weighted by Gasteiger charge is 2.26. The van der Waals surface area contributed by atoms with Crippen LogP contribution in [-0.4, -0.2) is 40.3 Å². The molecule has 1 atom stereocenters. The van der Waals surface area contributed by atoms with Crippen molar-refractivity contribution in [1.82, 2.24) is 20.0 Å². The van der Waals surface area contributed by atoms with Gasteiger partial charge in [0.2, 0.25) is 0 Å². The Morgan fingerprint density at radius 1 is 1.28 bits per heavy atom. The molecule has 0 spiro atoms. The first-order valence-corrected chi connectivity index (χ1v) is 9.17. The Labute approximate surface area is 150 Å². The first-order chi connectivity index (χ1) is 12.1. The van der Waals surface area contributed by atoms with E-state index in [0.29, 0.717) is 12.5 Å². The molecule has 1 saturated heterocycles. The van der Waals surface area contributed by atoms with E-state index in [0.717, 1.165) is 31.3 Å². The predicted molar refractivity (Wildman–Crippen MR) is 103 cm³/mol. The normalized spacial score (nSPS) is 18.0. The topological polar surface area (TPSA) is 45.5 Å². The van der Waals surface area contributed by atoms with Crippen molar-refractivity contribution in [3.63, 3.8) is 0 Å². The van der Waals surface area contributed by atoms with Crippen molar-refractivity contribution in [3.8, 4) is 0 Å². The molecule has 5 heteroatoms. The van der Waals surface area contributed by atoms with E-state index in [4.69, 9.17) is 4.99 Å². The molecular formula is C20H29N5. The second-order valence-electron chi connectivity index (χ2n) is 6.79. The fraction of sp³-hybridized carbons (Fsp3) is 0.500. The minimum atomic E-state index is 0.590. The van der Waals surface area contributed by atoms with Gasteiger partial charge in [-0.1, -0.05) is 30.3 Å². The van der Waals surface area contributed by atoms with Crippen molar-refractivity contribution < 1.29 is 0 Å². The van der Waals surface area contributed by atoms with Crippen LogP contribution in [0.2, 0.25) is 0 Å². The van der Waals surface area contributed by atoms with Gasteiger partial charge in [-0.3, -0.25) is 4.68 Å². The lowest BCUT2D eigenvalue weighted by Gasteiger charge is -2.22. The lowest BCUT2D eigenvalue weighted by atomic mass is 9.99. The average molecular weight is 339 g/mol. The van der Waals surface area contributed by atoms with E-state index >= 15 is 0 Å². The third-order valence-electron chi connectivity index (χ3n) is 5.14. The standard InChI is InChI=1S/C20H29N5/c1-5-21-20(22-13-19-15(2)23-24(4)16(19)3)25-12-11-18(14-25)17-9-7-6-8-10-17/h6-10,18H,5,11-14H2,1-4H3,(H,21,22). The maximum absolute atomic E-state index is 4.91. The van der Waals surface area contributed by atoms with Crippen LogP contribution in [0.3, 0.4) is 0 Å². The minimum absolute atomic E-state index is 0.590. The zero-order valence-corrected chi connectivity index (χ0v) is 15.8. The van der Waals surface area contributed by atoms with Gasteiger partial charge < -0.3 is 10.2 Å². The van der Waals surface area contributed by atoms with Gasteiger partial charge in [-0.25, -0.2) is 4.99 Å². The van der Waals surface area contributed by atoms with Gasteiger partial charge >= 0.3 is 0 Å². The second kappa shape index (κ2) is 7.72. The summed E-state index contributed by atoms with van der Waals surface area (Å²) in [4.78, 5) is 7.30. The van der Waals surface area contributed by atoms with E-state index in [1.807, 2.05) is 11.7 Å². The van der Waals surface area contributed by atoms with E-state index in [1.54, 1.807) is 0 Å². The molecular weight excluding hydrogens is 310 g/mol. The molecule has 1 aromatic carbocycles. The maximum atomic E-state index is 4.91. The molecule has 5 nitrogen and oxygen atoms in total. The van der Waals surface area contributed by atoms with E-state index in [2.05, 4.69) is 66.4 Å². The Morgan fingerprint density at radius 2 is 2.04 bits per heavy atom. The molecule has 0 bridgehead atoms. The molecule has 0 amide bonds. The molecule has 3 rings (SSSR count). The van der Waals surface area contributed by atoms with E-state index in [-0.39, 0.29) is 0 Å². The predicted octanol–water partition coefficient (Wildman–Crippen LogP) is 2.99. The van der Waals surface area contributed by atoms with Gasteiger partial charge in [-0.2, -0.15) is 5.10 Å². The molecule has 25 heavy (non-hydrogen) atoms. The number of nitrogens with one attached hydrogen (secondary N) is 1. The van der Waals surface area contributed by atoms with E-state index in [9.17, 15) is 0 Å². The van der Waals surface area contributed by atoms with Crippen LogP contribution in [0.1, 0.15) is 41.8 Å². The Hall–Kier alpha value is -2.30. The van der Waals surface area contributed by atoms with Crippen LogP contribution in [-0.2, 0) is 13.6 Å². The molecule has 1 aliphatic rings. The zero-order chi connectivity index (χ0) is 17.8. The number of guanidine groups is 1. The van der Waals surface area contributed by atoms with E-state index < -0.39 is 0 Å². The number of aliphatic imine (C=N–C) groups is 1. The summed E-state index contributed by atoms with van der Waals surface area (Å²) in [5, 5.41) is 7.96. The molecule has 1 aromatic heterocycles. The Bertz CT molecular complexity index is 732. The molecule has 134 valence electrons. The zero-order valence-electron chi connectivity index (χ0n) is 15.8. The maximum Gasteiger partial charge on any atom is 0.194 e. The van der Waals surface area contributed by atoms with Gasteiger partial charge in [0.15, 0.2) is 5.96 Å². The number of hydrogen-bond acceptors (Lipinski definition) is 2. The lowest BCUT2D eigenvalue weighted by Crippen LogP contribution is -2.40. The van der Waals surface area contributed by atoms with Crippen LogP contribution in [0.25, 0.3) is 0 Å². The van der Waals surface area contributed by atoms with Crippen LogP contribution in [0.15, 0.2) is 35.3 Å². The summed E-state index contributed by atoms with van der Waals surface area (Å²) >= 11 is 0. The summed E-state index contributed by atoms with van der Waals surface area (Å²) in [5.74, 6) is 1.61. The lowest BCUT2D eigenvalue weighted by molar-refractivity contribution is 0.486. The number of rotatable bonds is 4. The van der Waals surface area contributed by atoms with Crippen LogP contribution in [0.5, 0.6) is 0 Å². The highest BCUT2D eigenvalue weighted by molar-refractivity contribution is 5.80. The van der Waals surface area contributed by atoms with Crippen molar-refractivity contribution in [2.24, 2.45) is 12.0 Å². The molecule has 0 aliphatic carbocycles. The Balaban J connectivity index is 1.73. The van der Waals surface area contributed by atoms with Crippen LogP contribution in [0.4, 0.5) is 0 Å². The van der Waals surface area contributed by atoms with Gasteiger partial charge in [0.25, 0.3) is 0 Å². The van der Waals surface area contributed by atoms with Gasteiger partial charge in [0, 0.05) is 43.9 Å². The van der Waals surface area contributed by atoms with Gasteiger partial charge in [-0.15, -0.1) is 0 Å². The monoisotopic (exact) mass is 339 g/mol. The smallest absolute Gasteiger partial charge is 0.194 e. The Morgan fingerprint density at radius 3 is 2.68 bits per heavy atom. The third kappa shape index (κ3) is 3.86. The first-order valence-electron chi connectivity index (χ1n) is 9.17. The molecule has 2 heterocycles. The first kappa shape index (κ1) is 17.5. The van der Waals surface area contributed by atoms with Crippen molar-refractivity contribution in [2.75, 3.05) is 19.6 Å². The average Bonchev–Trinajstić information content (AvgIpc) is 3.19. The second-order valence-corrected chi connectivity index (χ2v) is 6.79. The largest absolute Gasteiger partial charge is 0.357 e. The number of nitrogens with zero attached hydrogens (tertiary/aromatic N) is 4. The van der Waals surface area contributed by atoms with Crippen molar-refractivity contribution >= 4 is 5.96 Å². The van der Waals surface area contributed by atoms with Gasteiger partial charge in [-0.05, 0) is 32.8 Å². The van der Waals surface area contributed by atoms with E-state index in [1.165, 1.54) is 23.2 Å². The summed E-state index contributed by atoms with van der Waals surface area (Å²) in [6.45, 7) is 9.94. The summed E-state index contributed by atoms with van der Waals surface area (Å²) < 4.78 is 1.94. The number of aromatic nitrogens is 2. The molecule has 1 N–H and O–H groups in total. The number of hydrogen-bond donors (Lipinski definition) is 1. The van der Waals surface area contributed by atoms with Crippen LogP contribution in [0, 0.1) is 13.8 Å². The van der Waals surface area contributed by atoms with Crippen molar-refractivity contribution in [2.45, 2.75) is 39.7 Å². The fourth-order valence-electron chi connectivity index (χ4n) is 3.58. The minimum Gasteiger partial charge on any atom is -0.357 e.